The molecule has 1 unspecified atom stereocenters. The number of carbonyl (C=O) groups excluding carboxylic acids is 2. The van der Waals surface area contributed by atoms with Gasteiger partial charge < -0.3 is 24.5 Å². The van der Waals surface area contributed by atoms with E-state index >= 15 is 0 Å². The lowest BCUT2D eigenvalue weighted by Crippen LogP contribution is -2.57. The molecule has 2 heterocycles. The van der Waals surface area contributed by atoms with Gasteiger partial charge in [-0.25, -0.2) is 0 Å². The summed E-state index contributed by atoms with van der Waals surface area (Å²) >= 11 is 12.1. The van der Waals surface area contributed by atoms with Crippen molar-refractivity contribution < 1.29 is 32.6 Å². The Hall–Kier alpha value is -2.53. The second-order valence-electron chi connectivity index (χ2n) is 10.4. The summed E-state index contributed by atoms with van der Waals surface area (Å²) in [6.07, 6.45) is -3.17. The van der Waals surface area contributed by atoms with Crippen LogP contribution in [-0.4, -0.2) is 85.4 Å². The van der Waals surface area contributed by atoms with Gasteiger partial charge in [0.2, 0.25) is 0 Å². The maximum atomic E-state index is 14.0. The summed E-state index contributed by atoms with van der Waals surface area (Å²) in [6, 6.07) is 9.85. The van der Waals surface area contributed by atoms with Gasteiger partial charge in [-0.1, -0.05) is 35.3 Å². The van der Waals surface area contributed by atoms with Crippen molar-refractivity contribution in [1.29, 1.82) is 0 Å². The van der Waals surface area contributed by atoms with Crippen LogP contribution in [0, 0.1) is 0 Å². The number of benzene rings is 2. The van der Waals surface area contributed by atoms with Crippen molar-refractivity contribution in [2.75, 3.05) is 45.2 Å². The van der Waals surface area contributed by atoms with Crippen molar-refractivity contribution in [2.45, 2.75) is 49.7 Å². The molecule has 2 aromatic rings. The Kier molecular flexibility index (Phi) is 9.24. The number of hydrogen-bond donors (Lipinski definition) is 1. The fraction of sp³-hybridized carbons (Fsp3) is 0.500. The minimum atomic E-state index is -5.20. The van der Waals surface area contributed by atoms with Crippen molar-refractivity contribution >= 4 is 40.7 Å². The minimum absolute atomic E-state index is 0.0188. The van der Waals surface area contributed by atoms with Crippen LogP contribution >= 0.6 is 23.2 Å². The lowest BCUT2D eigenvalue weighted by Gasteiger charge is -2.40. The number of rotatable bonds is 6. The molecule has 0 radical (unpaired) electrons. The average Bonchev–Trinajstić information content (AvgIpc) is 2.92. The highest BCUT2D eigenvalue weighted by atomic mass is 35.5. The summed E-state index contributed by atoms with van der Waals surface area (Å²) in [7, 11) is 3.34. The van der Waals surface area contributed by atoms with Crippen molar-refractivity contribution in [3.05, 3.63) is 63.6 Å². The fourth-order valence-electron chi connectivity index (χ4n) is 5.16. The van der Waals surface area contributed by atoms with Gasteiger partial charge in [0.15, 0.2) is 0 Å². The molecule has 0 saturated carbocycles. The van der Waals surface area contributed by atoms with Crippen LogP contribution in [0.5, 0.6) is 0 Å². The fourth-order valence-corrected chi connectivity index (χ4v) is 5.54. The van der Waals surface area contributed by atoms with Crippen molar-refractivity contribution in [2.24, 2.45) is 0 Å². The monoisotopic (exact) mass is 601 g/mol. The largest absolute Gasteiger partial charge is 0.430 e. The molecule has 2 fully saturated rings. The van der Waals surface area contributed by atoms with Crippen LogP contribution in [0.1, 0.15) is 41.6 Å². The number of hydrogen-bond acceptors (Lipinski definition) is 5. The van der Waals surface area contributed by atoms with Gasteiger partial charge in [-0.05, 0) is 56.0 Å². The Balaban J connectivity index is 1.30. The van der Waals surface area contributed by atoms with Crippen LogP contribution in [-0.2, 0) is 15.1 Å². The first-order valence-electron chi connectivity index (χ1n) is 13.1. The first-order chi connectivity index (χ1) is 18.8. The highest BCUT2D eigenvalue weighted by Crippen LogP contribution is 2.41. The third-order valence-corrected chi connectivity index (χ3v) is 8.06. The molecule has 2 aliphatic heterocycles. The van der Waals surface area contributed by atoms with Crippen LogP contribution in [0.4, 0.5) is 18.9 Å². The smallest absolute Gasteiger partial charge is 0.375 e. The van der Waals surface area contributed by atoms with E-state index in [0.717, 1.165) is 48.7 Å². The van der Waals surface area contributed by atoms with Gasteiger partial charge in [0.1, 0.15) is 0 Å². The number of aliphatic hydroxyl groups is 1. The van der Waals surface area contributed by atoms with E-state index in [1.165, 1.54) is 17.0 Å². The zero-order valence-corrected chi connectivity index (χ0v) is 23.8. The minimum Gasteiger partial charge on any atom is -0.375 e. The van der Waals surface area contributed by atoms with Crippen LogP contribution in [0.3, 0.4) is 0 Å². The number of carbonyl (C=O) groups is 2. The van der Waals surface area contributed by atoms with Crippen molar-refractivity contribution in [1.82, 2.24) is 9.80 Å². The molecule has 1 atom stereocenters. The van der Waals surface area contributed by atoms with Crippen molar-refractivity contribution in [3.63, 3.8) is 0 Å². The number of ether oxygens (including phenoxy) is 1. The number of nitrogens with zero attached hydrogens (tertiary/aromatic N) is 3. The summed E-state index contributed by atoms with van der Waals surface area (Å²) in [6.45, 7) is 1.54. The zero-order valence-electron chi connectivity index (χ0n) is 22.3. The highest BCUT2D eigenvalue weighted by molar-refractivity contribution is 6.34. The Morgan fingerprint density at radius 1 is 0.925 bits per heavy atom. The molecule has 2 amide bonds. The number of piperidine rings is 2. The maximum Gasteiger partial charge on any atom is 0.430 e. The molecule has 40 heavy (non-hydrogen) atoms. The summed E-state index contributed by atoms with van der Waals surface area (Å²) < 4.78 is 48.1. The van der Waals surface area contributed by atoms with Gasteiger partial charge in [-0.15, -0.1) is 0 Å². The maximum absolute atomic E-state index is 14.0. The summed E-state index contributed by atoms with van der Waals surface area (Å²) in [5, 5.41) is 11.2. The summed E-state index contributed by atoms with van der Waals surface area (Å²) in [4.78, 5) is 29.9. The van der Waals surface area contributed by atoms with Crippen LogP contribution in [0.15, 0.2) is 42.5 Å². The molecule has 0 spiro atoms. The molecule has 4 rings (SSSR count). The van der Waals surface area contributed by atoms with Gasteiger partial charge in [0.25, 0.3) is 17.4 Å². The molecular formula is C28H32Cl2F3N3O4. The lowest BCUT2D eigenvalue weighted by molar-refractivity contribution is -0.262. The first kappa shape index (κ1) is 30.4. The SMILES string of the molecule is CN(C)C(=O)c1ccc(N2CCC(OC3CCN(C(=O)C(O)(c4ccc(Cl)cc4)C(F)(F)F)CC3)CC2)cc1Cl. The molecule has 2 saturated heterocycles. The number of alkyl halides is 3. The third kappa shape index (κ3) is 6.35. The third-order valence-electron chi connectivity index (χ3n) is 7.49. The summed E-state index contributed by atoms with van der Waals surface area (Å²) in [5.41, 5.74) is -2.86. The van der Waals surface area contributed by atoms with Gasteiger partial charge in [-0.3, -0.25) is 9.59 Å². The van der Waals surface area contributed by atoms with E-state index in [9.17, 15) is 27.9 Å². The highest BCUT2D eigenvalue weighted by Gasteiger charge is 2.62. The predicted molar refractivity (Wildman–Crippen MR) is 147 cm³/mol. The van der Waals surface area contributed by atoms with Crippen LogP contribution in [0.25, 0.3) is 0 Å². The van der Waals surface area contributed by atoms with E-state index in [2.05, 4.69) is 4.90 Å². The Morgan fingerprint density at radius 2 is 1.48 bits per heavy atom. The molecule has 7 nitrogen and oxygen atoms in total. The van der Waals surface area contributed by atoms with Gasteiger partial charge in [-0.2, -0.15) is 13.2 Å². The second-order valence-corrected chi connectivity index (χ2v) is 11.2. The average molecular weight is 602 g/mol. The van der Waals surface area contributed by atoms with E-state index in [1.807, 2.05) is 6.07 Å². The molecule has 0 bridgehead atoms. The molecule has 2 aliphatic rings. The Morgan fingerprint density at radius 3 is 1.98 bits per heavy atom. The predicted octanol–water partition coefficient (Wildman–Crippen LogP) is 5.12. The van der Waals surface area contributed by atoms with E-state index in [1.54, 1.807) is 26.2 Å². The topological polar surface area (TPSA) is 73.3 Å². The van der Waals surface area contributed by atoms with E-state index in [4.69, 9.17) is 27.9 Å². The number of halogens is 5. The second kappa shape index (κ2) is 12.1. The Bertz CT molecular complexity index is 1210. The standard InChI is InChI=1S/C28H32Cl2F3N3O4/c1-34(2)25(37)23-8-7-20(17-24(23)30)35-13-9-21(10-14-35)40-22-11-15-36(16-12-22)26(38)27(39,28(31,32)33)18-3-5-19(29)6-4-18/h3-8,17,21-22,39H,9-16H2,1-2H3. The molecule has 0 aromatic heterocycles. The van der Waals surface area contributed by atoms with E-state index < -0.39 is 23.2 Å². The number of amides is 2. The van der Waals surface area contributed by atoms with E-state index in [-0.39, 0.29) is 36.2 Å². The molecule has 218 valence electrons. The lowest BCUT2D eigenvalue weighted by atomic mass is 9.90. The van der Waals surface area contributed by atoms with E-state index in [0.29, 0.717) is 23.4 Å². The Labute approximate surface area is 241 Å². The molecule has 12 heteroatoms. The molecular weight excluding hydrogens is 570 g/mol. The first-order valence-corrected chi connectivity index (χ1v) is 13.8. The van der Waals surface area contributed by atoms with Gasteiger partial charge >= 0.3 is 6.18 Å². The molecule has 1 N–H and O–H groups in total. The quantitative estimate of drug-likeness (QED) is 0.497. The molecule has 2 aromatic carbocycles. The van der Waals surface area contributed by atoms with Crippen LogP contribution in [0.2, 0.25) is 10.0 Å². The van der Waals surface area contributed by atoms with Gasteiger partial charge in [0, 0.05) is 56.5 Å². The summed E-state index contributed by atoms with van der Waals surface area (Å²) in [5.74, 6) is -1.56. The van der Waals surface area contributed by atoms with Crippen molar-refractivity contribution in [3.8, 4) is 0 Å². The number of likely N-dealkylation sites (tertiary alicyclic amines) is 1. The molecule has 0 aliphatic carbocycles. The number of anilines is 1. The van der Waals surface area contributed by atoms with Gasteiger partial charge in [0.05, 0.1) is 22.8 Å². The zero-order chi connectivity index (χ0) is 29.2. The normalized spacial score (nSPS) is 18.9. The van der Waals surface area contributed by atoms with Crippen LogP contribution < -0.4 is 4.90 Å².